The third kappa shape index (κ3) is 3.95. The number of hydrogen-bond acceptors (Lipinski definition) is 3. The molecular formula is C14H26N2O2. The second-order valence-electron chi connectivity index (χ2n) is 5.71. The lowest BCUT2D eigenvalue weighted by atomic mass is 10.1. The van der Waals surface area contributed by atoms with Crippen LogP contribution in [0, 0.1) is 0 Å². The van der Waals surface area contributed by atoms with E-state index in [1.165, 1.54) is 25.7 Å². The largest absolute Gasteiger partial charge is 0.395 e. The number of rotatable bonds is 4. The molecule has 1 saturated carbocycles. The maximum atomic E-state index is 12.0. The summed E-state index contributed by atoms with van der Waals surface area (Å²) in [6.07, 6.45) is 9.50. The van der Waals surface area contributed by atoms with E-state index < -0.39 is 0 Å². The smallest absolute Gasteiger partial charge is 0.234 e. The van der Waals surface area contributed by atoms with Crippen LogP contribution in [0.15, 0.2) is 0 Å². The van der Waals surface area contributed by atoms with Crippen LogP contribution in [-0.2, 0) is 4.79 Å². The number of aliphatic hydroxyl groups excluding tert-OH is 1. The van der Waals surface area contributed by atoms with E-state index in [1.807, 2.05) is 0 Å². The van der Waals surface area contributed by atoms with Crippen LogP contribution >= 0.6 is 0 Å². The van der Waals surface area contributed by atoms with E-state index in [2.05, 4.69) is 10.2 Å². The maximum Gasteiger partial charge on any atom is 0.234 e. The van der Waals surface area contributed by atoms with E-state index in [0.717, 1.165) is 32.2 Å². The number of aliphatic hydroxyl groups is 1. The van der Waals surface area contributed by atoms with Gasteiger partial charge < -0.3 is 10.4 Å². The number of carbonyl (C=O) groups is 1. The SMILES string of the molecule is O=C(CN1CCC[C@H]1CO)NC1CCCCCC1. The molecular weight excluding hydrogens is 228 g/mol. The summed E-state index contributed by atoms with van der Waals surface area (Å²) in [6.45, 7) is 1.59. The molecule has 4 nitrogen and oxygen atoms in total. The molecule has 2 aliphatic rings. The summed E-state index contributed by atoms with van der Waals surface area (Å²) in [6, 6.07) is 0.583. The third-order valence-corrected chi connectivity index (χ3v) is 4.28. The first-order valence-corrected chi connectivity index (χ1v) is 7.44. The van der Waals surface area contributed by atoms with Gasteiger partial charge in [0, 0.05) is 12.1 Å². The van der Waals surface area contributed by atoms with Crippen molar-refractivity contribution in [1.29, 1.82) is 0 Å². The number of carbonyl (C=O) groups excluding carboxylic acids is 1. The molecule has 0 bridgehead atoms. The lowest BCUT2D eigenvalue weighted by Crippen LogP contribution is -2.44. The summed E-state index contributed by atoms with van der Waals surface area (Å²) in [7, 11) is 0. The van der Waals surface area contributed by atoms with Crippen LogP contribution in [0.4, 0.5) is 0 Å². The zero-order valence-electron chi connectivity index (χ0n) is 11.2. The molecule has 1 aliphatic heterocycles. The third-order valence-electron chi connectivity index (χ3n) is 4.28. The Kier molecular flexibility index (Phi) is 5.45. The lowest BCUT2D eigenvalue weighted by molar-refractivity contribution is -0.123. The van der Waals surface area contributed by atoms with E-state index in [0.29, 0.717) is 12.6 Å². The van der Waals surface area contributed by atoms with Crippen LogP contribution in [-0.4, -0.2) is 47.7 Å². The van der Waals surface area contributed by atoms with Gasteiger partial charge in [-0.15, -0.1) is 0 Å². The number of nitrogens with one attached hydrogen (secondary N) is 1. The Morgan fingerprint density at radius 1 is 1.11 bits per heavy atom. The van der Waals surface area contributed by atoms with Crippen molar-refractivity contribution in [1.82, 2.24) is 10.2 Å². The first-order chi connectivity index (χ1) is 8.79. The van der Waals surface area contributed by atoms with Crippen LogP contribution in [0.2, 0.25) is 0 Å². The fourth-order valence-corrected chi connectivity index (χ4v) is 3.19. The van der Waals surface area contributed by atoms with Gasteiger partial charge in [0.05, 0.1) is 13.2 Å². The predicted molar refractivity (Wildman–Crippen MR) is 71.3 cm³/mol. The van der Waals surface area contributed by atoms with Gasteiger partial charge in [-0.2, -0.15) is 0 Å². The highest BCUT2D eigenvalue weighted by Gasteiger charge is 2.26. The average molecular weight is 254 g/mol. The summed E-state index contributed by atoms with van der Waals surface area (Å²) in [5, 5.41) is 12.4. The molecule has 2 N–H and O–H groups in total. The average Bonchev–Trinajstić information content (AvgIpc) is 2.64. The number of amides is 1. The highest BCUT2D eigenvalue weighted by atomic mass is 16.3. The monoisotopic (exact) mass is 254 g/mol. The summed E-state index contributed by atoms with van der Waals surface area (Å²) in [5.41, 5.74) is 0. The molecule has 0 aromatic rings. The molecule has 4 heteroatoms. The molecule has 0 aromatic carbocycles. The molecule has 2 fully saturated rings. The predicted octanol–water partition coefficient (Wildman–Crippen LogP) is 1.28. The molecule has 1 heterocycles. The van der Waals surface area contributed by atoms with Crippen molar-refractivity contribution in [3.05, 3.63) is 0 Å². The minimum atomic E-state index is 0.141. The van der Waals surface area contributed by atoms with Crippen molar-refractivity contribution in [2.24, 2.45) is 0 Å². The zero-order chi connectivity index (χ0) is 12.8. The van der Waals surface area contributed by atoms with Crippen molar-refractivity contribution in [2.45, 2.75) is 63.5 Å². The normalized spacial score (nSPS) is 27.1. The summed E-state index contributed by atoms with van der Waals surface area (Å²) in [4.78, 5) is 14.1. The Balaban J connectivity index is 1.73. The number of nitrogens with zero attached hydrogens (tertiary/aromatic N) is 1. The van der Waals surface area contributed by atoms with Crippen LogP contribution < -0.4 is 5.32 Å². The van der Waals surface area contributed by atoms with Gasteiger partial charge in [0.25, 0.3) is 0 Å². The Morgan fingerprint density at radius 3 is 2.50 bits per heavy atom. The Hall–Kier alpha value is -0.610. The second kappa shape index (κ2) is 7.10. The molecule has 104 valence electrons. The summed E-state index contributed by atoms with van der Waals surface area (Å²) < 4.78 is 0. The van der Waals surface area contributed by atoms with Gasteiger partial charge in [-0.25, -0.2) is 0 Å². The number of hydrogen-bond donors (Lipinski definition) is 2. The van der Waals surface area contributed by atoms with Crippen LogP contribution in [0.3, 0.4) is 0 Å². The molecule has 0 aromatic heterocycles. The van der Waals surface area contributed by atoms with Gasteiger partial charge in [0.1, 0.15) is 0 Å². The quantitative estimate of drug-likeness (QED) is 0.743. The Morgan fingerprint density at radius 2 is 1.83 bits per heavy atom. The summed E-state index contributed by atoms with van der Waals surface area (Å²) >= 11 is 0. The van der Waals surface area contributed by atoms with Gasteiger partial charge in [-0.1, -0.05) is 25.7 Å². The van der Waals surface area contributed by atoms with Crippen LogP contribution in [0.25, 0.3) is 0 Å². The molecule has 18 heavy (non-hydrogen) atoms. The maximum absolute atomic E-state index is 12.0. The highest BCUT2D eigenvalue weighted by Crippen LogP contribution is 2.18. The van der Waals surface area contributed by atoms with Crippen molar-refractivity contribution in [2.75, 3.05) is 19.7 Å². The van der Waals surface area contributed by atoms with Crippen molar-refractivity contribution in [3.63, 3.8) is 0 Å². The van der Waals surface area contributed by atoms with Crippen LogP contribution in [0.5, 0.6) is 0 Å². The molecule has 1 aliphatic carbocycles. The Bertz CT molecular complexity index is 263. The van der Waals surface area contributed by atoms with Gasteiger partial charge in [-0.05, 0) is 32.2 Å². The molecule has 2 rings (SSSR count). The first-order valence-electron chi connectivity index (χ1n) is 7.44. The minimum absolute atomic E-state index is 0.141. The second-order valence-corrected chi connectivity index (χ2v) is 5.71. The number of likely N-dealkylation sites (tertiary alicyclic amines) is 1. The highest BCUT2D eigenvalue weighted by molar-refractivity contribution is 5.78. The van der Waals surface area contributed by atoms with E-state index in [1.54, 1.807) is 0 Å². The van der Waals surface area contributed by atoms with Gasteiger partial charge in [0.15, 0.2) is 0 Å². The lowest BCUT2D eigenvalue weighted by Gasteiger charge is -2.23. The van der Waals surface area contributed by atoms with Crippen molar-refractivity contribution < 1.29 is 9.90 Å². The van der Waals surface area contributed by atoms with Gasteiger partial charge in [0.2, 0.25) is 5.91 Å². The van der Waals surface area contributed by atoms with E-state index in [9.17, 15) is 9.90 Å². The van der Waals surface area contributed by atoms with E-state index >= 15 is 0 Å². The molecule has 1 atom stereocenters. The fourth-order valence-electron chi connectivity index (χ4n) is 3.19. The fraction of sp³-hybridized carbons (Fsp3) is 0.929. The van der Waals surface area contributed by atoms with Crippen LogP contribution in [0.1, 0.15) is 51.4 Å². The van der Waals surface area contributed by atoms with Crippen molar-refractivity contribution in [3.8, 4) is 0 Å². The van der Waals surface area contributed by atoms with E-state index in [-0.39, 0.29) is 18.6 Å². The molecule has 0 radical (unpaired) electrons. The zero-order valence-corrected chi connectivity index (χ0v) is 11.2. The van der Waals surface area contributed by atoms with Gasteiger partial charge >= 0.3 is 0 Å². The molecule has 0 unspecified atom stereocenters. The Labute approximate surface area is 110 Å². The van der Waals surface area contributed by atoms with E-state index in [4.69, 9.17) is 0 Å². The topological polar surface area (TPSA) is 52.6 Å². The molecule has 1 saturated heterocycles. The molecule has 0 spiro atoms. The van der Waals surface area contributed by atoms with Crippen molar-refractivity contribution >= 4 is 5.91 Å². The molecule has 1 amide bonds. The summed E-state index contributed by atoms with van der Waals surface area (Å²) in [5.74, 6) is 0.141. The van der Waals surface area contributed by atoms with Gasteiger partial charge in [-0.3, -0.25) is 9.69 Å². The standard InChI is InChI=1S/C14H26N2O2/c17-11-13-8-5-9-16(13)10-14(18)15-12-6-3-1-2-4-7-12/h12-13,17H,1-11H2,(H,15,18)/t13-/m0/s1. The first kappa shape index (κ1) is 13.8. The minimum Gasteiger partial charge on any atom is -0.395 e.